The van der Waals surface area contributed by atoms with Gasteiger partial charge in [-0.15, -0.1) is 11.8 Å². The van der Waals surface area contributed by atoms with E-state index in [4.69, 9.17) is 9.47 Å². The summed E-state index contributed by atoms with van der Waals surface area (Å²) in [6.07, 6.45) is 7.78. The predicted octanol–water partition coefficient (Wildman–Crippen LogP) is 6.96. The molecule has 0 aromatic heterocycles. The van der Waals surface area contributed by atoms with Crippen molar-refractivity contribution in [2.45, 2.75) is 87.6 Å². The van der Waals surface area contributed by atoms with Crippen LogP contribution in [0.2, 0.25) is 0 Å². The van der Waals surface area contributed by atoms with E-state index in [1.165, 1.54) is 37.4 Å². The van der Waals surface area contributed by atoms with Gasteiger partial charge in [0.15, 0.2) is 0 Å². The van der Waals surface area contributed by atoms with E-state index in [1.807, 2.05) is 67.6 Å². The highest BCUT2D eigenvalue weighted by Gasteiger charge is 2.55. The lowest BCUT2D eigenvalue weighted by molar-refractivity contribution is -0.147. The molecule has 0 unspecified atom stereocenters. The maximum absolute atomic E-state index is 13.1. The van der Waals surface area contributed by atoms with Gasteiger partial charge in [0.1, 0.15) is 17.5 Å². The average Bonchev–Trinajstić information content (AvgIpc) is 3.05. The topological polar surface area (TPSA) is 52.6 Å². The smallest absolute Gasteiger partial charge is 0.323 e. The van der Waals surface area contributed by atoms with Crippen molar-refractivity contribution >= 4 is 23.7 Å². The van der Waals surface area contributed by atoms with Crippen LogP contribution in [-0.2, 0) is 25.7 Å². The standard InChI is InChI=1S/C28H36O4S/c1-3-4-5-6-7-14-19-25-24(20-26(29)31-21-22-15-10-8-11-16-22)28(2,27(30)32-25)33-23-17-12-9-13-18-23/h8-13,15-18,24-25H,3-7,14,19-21H2,1-2H3/t24-,25-,28-/m0/s1. The zero-order valence-electron chi connectivity index (χ0n) is 19.8. The molecule has 1 aliphatic rings. The fourth-order valence-electron chi connectivity index (χ4n) is 4.38. The van der Waals surface area contributed by atoms with E-state index in [-0.39, 0.29) is 37.0 Å². The first-order valence-electron chi connectivity index (χ1n) is 12.2. The lowest BCUT2D eigenvalue weighted by Crippen LogP contribution is -2.37. The number of thioether (sulfide) groups is 1. The fourth-order valence-corrected chi connectivity index (χ4v) is 5.68. The number of hydrogen-bond donors (Lipinski definition) is 0. The summed E-state index contributed by atoms with van der Waals surface area (Å²) in [6.45, 7) is 4.37. The summed E-state index contributed by atoms with van der Waals surface area (Å²) >= 11 is 1.50. The van der Waals surface area contributed by atoms with Crippen LogP contribution in [-0.4, -0.2) is 22.8 Å². The highest BCUT2D eigenvalue weighted by molar-refractivity contribution is 8.01. The van der Waals surface area contributed by atoms with Crippen LogP contribution in [0, 0.1) is 5.92 Å². The van der Waals surface area contributed by atoms with Crippen molar-refractivity contribution in [3.05, 3.63) is 66.2 Å². The normalized spacial score (nSPS) is 22.2. The number of esters is 2. The summed E-state index contributed by atoms with van der Waals surface area (Å²) in [6, 6.07) is 19.5. The summed E-state index contributed by atoms with van der Waals surface area (Å²) in [5, 5.41) is 0. The Bertz CT molecular complexity index is 870. The van der Waals surface area contributed by atoms with Gasteiger partial charge in [-0.1, -0.05) is 87.6 Å². The van der Waals surface area contributed by atoms with Crippen LogP contribution in [0.3, 0.4) is 0 Å². The third-order valence-electron chi connectivity index (χ3n) is 6.36. The van der Waals surface area contributed by atoms with E-state index in [0.717, 1.165) is 29.7 Å². The molecule has 2 aromatic rings. The molecule has 4 nitrogen and oxygen atoms in total. The number of hydrogen-bond acceptors (Lipinski definition) is 5. The summed E-state index contributed by atoms with van der Waals surface area (Å²) in [5.74, 6) is -0.739. The molecule has 3 rings (SSSR count). The molecule has 33 heavy (non-hydrogen) atoms. The lowest BCUT2D eigenvalue weighted by Gasteiger charge is -2.28. The Balaban J connectivity index is 1.66. The zero-order valence-corrected chi connectivity index (χ0v) is 20.6. The van der Waals surface area contributed by atoms with Gasteiger partial charge in [-0.2, -0.15) is 0 Å². The van der Waals surface area contributed by atoms with E-state index in [2.05, 4.69) is 6.92 Å². The van der Waals surface area contributed by atoms with Gasteiger partial charge >= 0.3 is 11.9 Å². The van der Waals surface area contributed by atoms with Gasteiger partial charge in [-0.05, 0) is 37.5 Å². The molecular formula is C28H36O4S. The Morgan fingerprint density at radius 3 is 2.30 bits per heavy atom. The molecule has 178 valence electrons. The van der Waals surface area contributed by atoms with Crippen molar-refractivity contribution in [3.63, 3.8) is 0 Å². The number of unbranched alkanes of at least 4 members (excludes halogenated alkanes) is 5. The second-order valence-corrected chi connectivity index (χ2v) is 10.5. The molecule has 1 saturated heterocycles. The Kier molecular flexibility index (Phi) is 9.86. The first kappa shape index (κ1) is 25.4. The Morgan fingerprint density at radius 2 is 1.61 bits per heavy atom. The van der Waals surface area contributed by atoms with Crippen LogP contribution in [0.4, 0.5) is 0 Å². The maximum atomic E-state index is 13.1. The lowest BCUT2D eigenvalue weighted by atomic mass is 9.85. The van der Waals surface area contributed by atoms with Crippen LogP contribution in [0.1, 0.15) is 70.8 Å². The van der Waals surface area contributed by atoms with Crippen LogP contribution < -0.4 is 0 Å². The van der Waals surface area contributed by atoms with Crippen molar-refractivity contribution < 1.29 is 19.1 Å². The number of rotatable bonds is 13. The monoisotopic (exact) mass is 468 g/mol. The molecule has 0 spiro atoms. The quantitative estimate of drug-likeness (QED) is 0.235. The largest absolute Gasteiger partial charge is 0.461 e. The highest BCUT2D eigenvalue weighted by Crippen LogP contribution is 2.48. The first-order valence-corrected chi connectivity index (χ1v) is 13.0. The number of carbonyl (C=O) groups excluding carboxylic acids is 2. The minimum Gasteiger partial charge on any atom is -0.461 e. The molecule has 5 heteroatoms. The number of ether oxygens (including phenoxy) is 2. The van der Waals surface area contributed by atoms with E-state index in [0.29, 0.717) is 0 Å². The number of carbonyl (C=O) groups is 2. The molecule has 1 aliphatic heterocycles. The van der Waals surface area contributed by atoms with Crippen LogP contribution in [0.25, 0.3) is 0 Å². The predicted molar refractivity (Wildman–Crippen MR) is 133 cm³/mol. The minimum atomic E-state index is -0.819. The first-order chi connectivity index (χ1) is 16.0. The van der Waals surface area contributed by atoms with Gasteiger partial charge in [0.05, 0.1) is 6.42 Å². The van der Waals surface area contributed by atoms with E-state index < -0.39 is 4.75 Å². The zero-order chi connectivity index (χ0) is 23.5. The molecule has 2 aromatic carbocycles. The van der Waals surface area contributed by atoms with Gasteiger partial charge in [-0.3, -0.25) is 9.59 Å². The highest BCUT2D eigenvalue weighted by atomic mass is 32.2. The molecule has 0 N–H and O–H groups in total. The van der Waals surface area contributed by atoms with E-state index in [9.17, 15) is 9.59 Å². The Morgan fingerprint density at radius 1 is 0.970 bits per heavy atom. The minimum absolute atomic E-state index is 0.176. The van der Waals surface area contributed by atoms with Crippen molar-refractivity contribution in [2.75, 3.05) is 0 Å². The third kappa shape index (κ3) is 7.36. The SMILES string of the molecule is CCCCCCCC[C@@H]1OC(=O)[C@@](C)(Sc2ccccc2)[C@H]1CC(=O)OCc1ccccc1. The van der Waals surface area contributed by atoms with Gasteiger partial charge < -0.3 is 9.47 Å². The van der Waals surface area contributed by atoms with Crippen LogP contribution in [0.15, 0.2) is 65.6 Å². The van der Waals surface area contributed by atoms with Gasteiger partial charge in [0, 0.05) is 10.8 Å². The van der Waals surface area contributed by atoms with Crippen molar-refractivity contribution in [3.8, 4) is 0 Å². The molecule has 0 bridgehead atoms. The molecule has 0 aliphatic carbocycles. The van der Waals surface area contributed by atoms with Crippen molar-refractivity contribution in [2.24, 2.45) is 5.92 Å². The summed E-state index contributed by atoms with van der Waals surface area (Å²) in [7, 11) is 0. The molecule has 1 fully saturated rings. The Labute approximate surface area is 202 Å². The second-order valence-electron chi connectivity index (χ2n) is 8.98. The van der Waals surface area contributed by atoms with Crippen LogP contribution >= 0.6 is 11.8 Å². The number of cyclic esters (lactones) is 1. The van der Waals surface area contributed by atoms with E-state index >= 15 is 0 Å². The molecule has 1 heterocycles. The third-order valence-corrected chi connectivity index (χ3v) is 7.77. The number of benzene rings is 2. The van der Waals surface area contributed by atoms with Gasteiger partial charge in [0.25, 0.3) is 0 Å². The van der Waals surface area contributed by atoms with Crippen LogP contribution in [0.5, 0.6) is 0 Å². The average molecular weight is 469 g/mol. The summed E-state index contributed by atoms with van der Waals surface area (Å²) < 4.78 is 10.6. The summed E-state index contributed by atoms with van der Waals surface area (Å²) in [5.41, 5.74) is 0.953. The van der Waals surface area contributed by atoms with Gasteiger partial charge in [0.2, 0.25) is 0 Å². The molecule has 3 atom stereocenters. The molecule has 0 amide bonds. The maximum Gasteiger partial charge on any atom is 0.323 e. The second kappa shape index (κ2) is 12.8. The summed E-state index contributed by atoms with van der Waals surface area (Å²) in [4.78, 5) is 26.9. The van der Waals surface area contributed by atoms with E-state index in [1.54, 1.807) is 0 Å². The van der Waals surface area contributed by atoms with Gasteiger partial charge in [-0.25, -0.2) is 0 Å². The Hall–Kier alpha value is -2.27. The molecular weight excluding hydrogens is 432 g/mol. The molecule has 0 saturated carbocycles. The van der Waals surface area contributed by atoms with Crippen molar-refractivity contribution in [1.82, 2.24) is 0 Å². The van der Waals surface area contributed by atoms with Crippen molar-refractivity contribution in [1.29, 1.82) is 0 Å². The molecule has 0 radical (unpaired) electrons. The fraction of sp³-hybridized carbons (Fsp3) is 0.500.